The van der Waals surface area contributed by atoms with Gasteiger partial charge in [-0.05, 0) is 24.3 Å². The number of imide groups is 1. The number of aryl methyl sites for hydroxylation is 1. The van der Waals surface area contributed by atoms with E-state index in [9.17, 15) is 9.59 Å². The Balaban J connectivity index is 1.85. The second-order valence-corrected chi connectivity index (χ2v) is 4.77. The first kappa shape index (κ1) is 12.5. The Morgan fingerprint density at radius 3 is 2.25 bits per heavy atom. The van der Waals surface area contributed by atoms with Crippen LogP contribution < -0.4 is 0 Å². The lowest BCUT2D eigenvalue weighted by Gasteiger charge is -2.20. The van der Waals surface area contributed by atoms with Gasteiger partial charge in [0.1, 0.15) is 0 Å². The zero-order chi connectivity index (χ0) is 14.3. The highest BCUT2D eigenvalue weighted by Gasteiger charge is 2.38. The molecule has 1 unspecified atom stereocenters. The lowest BCUT2D eigenvalue weighted by Crippen LogP contribution is -2.39. The first-order chi connectivity index (χ1) is 9.58. The summed E-state index contributed by atoms with van der Waals surface area (Å²) >= 11 is 0. The van der Waals surface area contributed by atoms with Crippen LogP contribution in [0.1, 0.15) is 33.5 Å². The van der Waals surface area contributed by atoms with Crippen molar-refractivity contribution in [3.05, 3.63) is 41.2 Å². The lowest BCUT2D eigenvalue weighted by molar-refractivity contribution is 0.0595. The molecule has 3 rings (SSSR count). The minimum atomic E-state index is -0.313. The molecule has 1 aliphatic heterocycles. The van der Waals surface area contributed by atoms with E-state index in [0.29, 0.717) is 23.4 Å². The zero-order valence-electron chi connectivity index (χ0n) is 11.1. The summed E-state index contributed by atoms with van der Waals surface area (Å²) < 4.78 is 0. The van der Waals surface area contributed by atoms with Gasteiger partial charge in [0.2, 0.25) is 0 Å². The number of carbonyl (C=O) groups excluding carboxylic acids is 2. The number of carbonyl (C=O) groups is 2. The number of hydrogen-bond donors (Lipinski definition) is 0. The summed E-state index contributed by atoms with van der Waals surface area (Å²) in [6.07, 6.45) is 0.388. The molecule has 2 aromatic rings. The number of nitrogens with zero attached hydrogens (tertiary/aromatic N) is 5. The van der Waals surface area contributed by atoms with Gasteiger partial charge >= 0.3 is 0 Å². The van der Waals surface area contributed by atoms with Crippen molar-refractivity contribution in [1.29, 1.82) is 0 Å². The Morgan fingerprint density at radius 2 is 1.75 bits per heavy atom. The number of rotatable bonds is 3. The smallest absolute Gasteiger partial charge is 0.261 e. The molecule has 1 atom stereocenters. The van der Waals surface area contributed by atoms with Gasteiger partial charge in [0.15, 0.2) is 5.82 Å². The highest BCUT2D eigenvalue weighted by Crippen LogP contribution is 2.25. The van der Waals surface area contributed by atoms with Crippen molar-refractivity contribution < 1.29 is 9.59 Å². The predicted octanol–water partition coefficient (Wildman–Crippen LogP) is 0.437. The Hall–Kier alpha value is -2.57. The minimum Gasteiger partial charge on any atom is -0.271 e. The molecular formula is C13H13N5O2. The van der Waals surface area contributed by atoms with Crippen molar-refractivity contribution in [2.45, 2.75) is 19.4 Å². The fourth-order valence-electron chi connectivity index (χ4n) is 2.37. The number of benzene rings is 1. The Morgan fingerprint density at radius 1 is 1.15 bits per heavy atom. The average Bonchev–Trinajstić information content (AvgIpc) is 2.93. The third-order valence-corrected chi connectivity index (χ3v) is 3.29. The van der Waals surface area contributed by atoms with Crippen LogP contribution in [0.5, 0.6) is 0 Å². The summed E-state index contributed by atoms with van der Waals surface area (Å²) in [6, 6.07) is 6.53. The summed E-state index contributed by atoms with van der Waals surface area (Å²) in [6.45, 7) is 1.80. The normalized spacial score (nSPS) is 15.6. The van der Waals surface area contributed by atoms with Gasteiger partial charge in [-0.3, -0.25) is 14.5 Å². The molecule has 7 heteroatoms. The van der Waals surface area contributed by atoms with Crippen LogP contribution in [0, 0.1) is 0 Å². The summed E-state index contributed by atoms with van der Waals surface area (Å²) in [5, 5.41) is 11.7. The largest absolute Gasteiger partial charge is 0.271 e. The van der Waals surface area contributed by atoms with Crippen LogP contribution in [0.25, 0.3) is 0 Å². The van der Waals surface area contributed by atoms with E-state index in [1.54, 1.807) is 38.2 Å². The van der Waals surface area contributed by atoms with Crippen molar-refractivity contribution in [3.63, 3.8) is 0 Å². The maximum atomic E-state index is 12.3. The fraction of sp³-hybridized carbons (Fsp3) is 0.308. The second-order valence-electron chi connectivity index (χ2n) is 4.77. The van der Waals surface area contributed by atoms with Gasteiger partial charge in [0.05, 0.1) is 18.2 Å². The Bertz CT molecular complexity index is 659. The molecular weight excluding hydrogens is 258 g/mol. The van der Waals surface area contributed by atoms with Crippen LogP contribution in [0.2, 0.25) is 0 Å². The first-order valence-corrected chi connectivity index (χ1v) is 6.27. The van der Waals surface area contributed by atoms with Gasteiger partial charge in [0.25, 0.3) is 11.8 Å². The summed E-state index contributed by atoms with van der Waals surface area (Å²) in [5.41, 5.74) is 0.910. The van der Waals surface area contributed by atoms with Crippen LogP contribution in [-0.4, -0.2) is 43.0 Å². The van der Waals surface area contributed by atoms with Crippen molar-refractivity contribution in [3.8, 4) is 0 Å². The van der Waals surface area contributed by atoms with Crippen LogP contribution in [0.3, 0.4) is 0 Å². The third-order valence-electron chi connectivity index (χ3n) is 3.29. The highest BCUT2D eigenvalue weighted by atomic mass is 16.2. The van der Waals surface area contributed by atoms with Crippen molar-refractivity contribution in [1.82, 2.24) is 25.1 Å². The molecule has 0 spiro atoms. The predicted molar refractivity (Wildman–Crippen MR) is 68.9 cm³/mol. The SMILES string of the molecule is CC(Cc1nnn(C)n1)N1C(=O)c2ccccc2C1=O. The van der Waals surface area contributed by atoms with E-state index in [1.165, 1.54) is 9.70 Å². The van der Waals surface area contributed by atoms with Crippen molar-refractivity contribution in [2.75, 3.05) is 0 Å². The van der Waals surface area contributed by atoms with Crippen molar-refractivity contribution >= 4 is 11.8 Å². The van der Waals surface area contributed by atoms with E-state index in [1.807, 2.05) is 0 Å². The van der Waals surface area contributed by atoms with Gasteiger partial charge < -0.3 is 0 Å². The summed E-state index contributed by atoms with van der Waals surface area (Å²) in [7, 11) is 1.67. The maximum Gasteiger partial charge on any atom is 0.261 e. The first-order valence-electron chi connectivity index (χ1n) is 6.27. The molecule has 1 aliphatic rings. The molecule has 102 valence electrons. The zero-order valence-corrected chi connectivity index (χ0v) is 11.1. The number of tetrazole rings is 1. The molecule has 0 saturated carbocycles. The van der Waals surface area contributed by atoms with Gasteiger partial charge in [0, 0.05) is 12.5 Å². The highest BCUT2D eigenvalue weighted by molar-refractivity contribution is 6.21. The molecule has 0 fully saturated rings. The molecule has 0 bridgehead atoms. The molecule has 7 nitrogen and oxygen atoms in total. The van der Waals surface area contributed by atoms with E-state index in [4.69, 9.17) is 0 Å². The van der Waals surface area contributed by atoms with E-state index < -0.39 is 0 Å². The summed E-state index contributed by atoms with van der Waals surface area (Å²) in [4.78, 5) is 27.2. The molecule has 2 heterocycles. The number of aromatic nitrogens is 4. The van der Waals surface area contributed by atoms with Gasteiger partial charge in [-0.25, -0.2) is 0 Å². The molecule has 20 heavy (non-hydrogen) atoms. The molecule has 0 aliphatic carbocycles. The molecule has 1 aromatic carbocycles. The molecule has 1 aromatic heterocycles. The quantitative estimate of drug-likeness (QED) is 0.756. The van der Waals surface area contributed by atoms with E-state index in [0.717, 1.165) is 0 Å². The third kappa shape index (κ3) is 1.87. The van der Waals surface area contributed by atoms with Crippen LogP contribution in [-0.2, 0) is 13.5 Å². The Labute approximate surface area is 115 Å². The second kappa shape index (κ2) is 4.52. The number of fused-ring (bicyclic) bond motifs is 1. The fourth-order valence-corrected chi connectivity index (χ4v) is 2.37. The lowest BCUT2D eigenvalue weighted by atomic mass is 10.1. The molecule has 0 N–H and O–H groups in total. The minimum absolute atomic E-state index is 0.262. The standard InChI is InChI=1S/C13H13N5O2/c1-8(7-11-14-16-17(2)15-11)18-12(19)9-5-3-4-6-10(9)13(18)20/h3-6,8H,7H2,1-2H3. The number of amides is 2. The van der Waals surface area contributed by atoms with E-state index >= 15 is 0 Å². The van der Waals surface area contributed by atoms with Crippen LogP contribution >= 0.6 is 0 Å². The van der Waals surface area contributed by atoms with Gasteiger partial charge in [-0.2, -0.15) is 4.80 Å². The summed E-state index contributed by atoms with van der Waals surface area (Å²) in [5.74, 6) is -0.0134. The van der Waals surface area contributed by atoms with Crippen LogP contribution in [0.15, 0.2) is 24.3 Å². The van der Waals surface area contributed by atoms with Crippen LogP contribution in [0.4, 0.5) is 0 Å². The topological polar surface area (TPSA) is 81.0 Å². The van der Waals surface area contributed by atoms with Crippen molar-refractivity contribution in [2.24, 2.45) is 7.05 Å². The monoisotopic (exact) mass is 271 g/mol. The molecule has 0 saturated heterocycles. The van der Waals surface area contributed by atoms with Gasteiger partial charge in [-0.15, -0.1) is 10.2 Å². The maximum absolute atomic E-state index is 12.3. The van der Waals surface area contributed by atoms with E-state index in [2.05, 4.69) is 15.4 Å². The average molecular weight is 271 g/mol. The van der Waals surface area contributed by atoms with E-state index in [-0.39, 0.29) is 17.9 Å². The number of hydrogen-bond acceptors (Lipinski definition) is 5. The van der Waals surface area contributed by atoms with Gasteiger partial charge in [-0.1, -0.05) is 12.1 Å². The molecule has 2 amide bonds. The molecule has 0 radical (unpaired) electrons. The Kier molecular flexibility index (Phi) is 2.81.